The Balaban J connectivity index is 1.70. The van der Waals surface area contributed by atoms with Crippen molar-refractivity contribution in [3.05, 3.63) is 71.0 Å². The molecule has 170 valence electrons. The molecule has 0 aliphatic carbocycles. The molecule has 1 saturated heterocycles. The summed E-state index contributed by atoms with van der Waals surface area (Å²) in [5, 5.41) is 10.3. The summed E-state index contributed by atoms with van der Waals surface area (Å²) < 4.78 is 10.7. The predicted octanol–water partition coefficient (Wildman–Crippen LogP) is 4.24. The average Bonchev–Trinajstić information content (AvgIpc) is 3.28. The van der Waals surface area contributed by atoms with Crippen LogP contribution in [0.2, 0.25) is 5.02 Å². The minimum Gasteiger partial charge on any atom is -0.480 e. The summed E-state index contributed by atoms with van der Waals surface area (Å²) in [7, 11) is 2.99. The molecule has 1 fully saturated rings. The van der Waals surface area contributed by atoms with Gasteiger partial charge in [0.2, 0.25) is 11.8 Å². The lowest BCUT2D eigenvalue weighted by Crippen LogP contribution is -2.41. The number of carbonyl (C=O) groups excluding carboxylic acids is 1. The first kappa shape index (κ1) is 22.5. The number of halogens is 1. The number of carboxylic acids is 1. The van der Waals surface area contributed by atoms with Gasteiger partial charge in [0.1, 0.15) is 17.9 Å². The van der Waals surface area contributed by atoms with E-state index >= 15 is 0 Å². The second kappa shape index (κ2) is 9.46. The van der Waals surface area contributed by atoms with E-state index in [2.05, 4.69) is 9.97 Å². The van der Waals surface area contributed by atoms with Crippen LogP contribution in [0.25, 0.3) is 11.1 Å². The molecule has 3 aromatic rings. The van der Waals surface area contributed by atoms with E-state index < -0.39 is 18.1 Å². The van der Waals surface area contributed by atoms with Gasteiger partial charge < -0.3 is 19.5 Å². The van der Waals surface area contributed by atoms with Crippen LogP contribution in [-0.4, -0.2) is 52.1 Å². The zero-order valence-corrected chi connectivity index (χ0v) is 18.8. The molecular weight excluding hydrogens is 446 g/mol. The Morgan fingerprint density at radius 1 is 1.00 bits per heavy atom. The lowest BCUT2D eigenvalue weighted by Gasteiger charge is -2.29. The molecule has 2 aromatic carbocycles. The van der Waals surface area contributed by atoms with Crippen molar-refractivity contribution < 1.29 is 24.2 Å². The highest BCUT2D eigenvalue weighted by Crippen LogP contribution is 2.40. The monoisotopic (exact) mass is 467 g/mol. The average molecular weight is 468 g/mol. The predicted molar refractivity (Wildman–Crippen MR) is 122 cm³/mol. The number of carboxylic acid groups (broad SMARTS) is 1. The molecule has 4 rings (SSSR count). The number of carbonyl (C=O) groups is 2. The number of ether oxygens (including phenoxy) is 2. The summed E-state index contributed by atoms with van der Waals surface area (Å²) in [5.74, 6) is -0.736. The second-order valence-corrected chi connectivity index (χ2v) is 7.93. The number of methoxy groups -OCH3 is 2. The molecule has 1 amide bonds. The standard InChI is InChI=1S/C24H22ClN3O5/c1-32-21-20(22(33-2)27-13-26-21)14-7-9-15(10-8-14)23(29)28-18(11-12-19(28)24(30)31)16-5-3-4-6-17(16)25/h3-10,13,18-19H,11-12H2,1-2H3,(H,30,31)/t18-,19+/m1/s1. The fourth-order valence-corrected chi connectivity index (χ4v) is 4.49. The number of rotatable bonds is 6. The second-order valence-electron chi connectivity index (χ2n) is 7.53. The van der Waals surface area contributed by atoms with Crippen LogP contribution in [0.3, 0.4) is 0 Å². The number of nitrogens with zero attached hydrogens (tertiary/aromatic N) is 3. The summed E-state index contributed by atoms with van der Waals surface area (Å²) in [6.45, 7) is 0. The molecule has 0 bridgehead atoms. The first-order valence-electron chi connectivity index (χ1n) is 10.3. The maximum absolute atomic E-state index is 13.5. The molecule has 2 atom stereocenters. The van der Waals surface area contributed by atoms with Crippen LogP contribution in [0.1, 0.15) is 34.8 Å². The summed E-state index contributed by atoms with van der Waals surface area (Å²) in [6, 6.07) is 12.6. The first-order valence-corrected chi connectivity index (χ1v) is 10.7. The Kier molecular flexibility index (Phi) is 6.46. The van der Waals surface area contributed by atoms with Gasteiger partial charge in [-0.05, 0) is 42.2 Å². The van der Waals surface area contributed by atoms with E-state index in [0.29, 0.717) is 46.3 Å². The highest BCUT2D eigenvalue weighted by Gasteiger charge is 2.42. The minimum atomic E-state index is -1.04. The van der Waals surface area contributed by atoms with Gasteiger partial charge in [0, 0.05) is 10.6 Å². The van der Waals surface area contributed by atoms with Gasteiger partial charge in [0.05, 0.1) is 20.3 Å². The number of aromatic nitrogens is 2. The summed E-state index contributed by atoms with van der Waals surface area (Å²) in [4.78, 5) is 35.1. The molecular formula is C24H22ClN3O5. The van der Waals surface area contributed by atoms with Crippen LogP contribution in [-0.2, 0) is 4.79 Å². The number of likely N-dealkylation sites (tertiary alicyclic amines) is 1. The largest absolute Gasteiger partial charge is 0.480 e. The Hall–Kier alpha value is -3.65. The van der Waals surface area contributed by atoms with Crippen molar-refractivity contribution in [2.75, 3.05) is 14.2 Å². The van der Waals surface area contributed by atoms with Gasteiger partial charge in [-0.25, -0.2) is 14.8 Å². The Labute approximate surface area is 195 Å². The fourth-order valence-electron chi connectivity index (χ4n) is 4.23. The molecule has 1 aromatic heterocycles. The number of hydrogen-bond acceptors (Lipinski definition) is 6. The van der Waals surface area contributed by atoms with Crippen LogP contribution in [0.15, 0.2) is 54.9 Å². The normalized spacial score (nSPS) is 17.6. The zero-order valence-electron chi connectivity index (χ0n) is 18.1. The molecule has 1 aliphatic heterocycles. The highest BCUT2D eigenvalue weighted by atomic mass is 35.5. The smallest absolute Gasteiger partial charge is 0.326 e. The van der Waals surface area contributed by atoms with Gasteiger partial charge in [0.25, 0.3) is 5.91 Å². The highest BCUT2D eigenvalue weighted by molar-refractivity contribution is 6.31. The molecule has 8 nitrogen and oxygen atoms in total. The Morgan fingerprint density at radius 2 is 1.64 bits per heavy atom. The molecule has 0 spiro atoms. The van der Waals surface area contributed by atoms with Crippen molar-refractivity contribution in [1.82, 2.24) is 14.9 Å². The Morgan fingerprint density at radius 3 is 2.21 bits per heavy atom. The van der Waals surface area contributed by atoms with E-state index in [1.807, 2.05) is 12.1 Å². The number of hydrogen-bond donors (Lipinski definition) is 1. The van der Waals surface area contributed by atoms with Crippen molar-refractivity contribution in [3.63, 3.8) is 0 Å². The molecule has 0 unspecified atom stereocenters. The summed E-state index contributed by atoms with van der Waals surface area (Å²) >= 11 is 6.37. The molecule has 9 heteroatoms. The van der Waals surface area contributed by atoms with E-state index in [9.17, 15) is 14.7 Å². The molecule has 1 N–H and O–H groups in total. The van der Waals surface area contributed by atoms with Gasteiger partial charge >= 0.3 is 5.97 Å². The van der Waals surface area contributed by atoms with Gasteiger partial charge in [-0.1, -0.05) is 41.9 Å². The van der Waals surface area contributed by atoms with Crippen LogP contribution in [0.4, 0.5) is 0 Å². The van der Waals surface area contributed by atoms with E-state index in [-0.39, 0.29) is 5.91 Å². The van der Waals surface area contributed by atoms with Gasteiger partial charge in [0.15, 0.2) is 0 Å². The van der Waals surface area contributed by atoms with E-state index in [1.165, 1.54) is 25.4 Å². The van der Waals surface area contributed by atoms with Gasteiger partial charge in [-0.3, -0.25) is 4.79 Å². The minimum absolute atomic E-state index is 0.338. The SMILES string of the molecule is COc1ncnc(OC)c1-c1ccc(C(=O)N2[C@@H](c3ccccc3Cl)CC[C@H]2C(=O)O)cc1. The Bertz CT molecular complexity index is 1160. The number of benzene rings is 2. The van der Waals surface area contributed by atoms with Crippen LogP contribution in [0.5, 0.6) is 11.8 Å². The van der Waals surface area contributed by atoms with E-state index in [4.69, 9.17) is 21.1 Å². The maximum atomic E-state index is 13.5. The van der Waals surface area contributed by atoms with Crippen LogP contribution < -0.4 is 9.47 Å². The maximum Gasteiger partial charge on any atom is 0.326 e. The van der Waals surface area contributed by atoms with E-state index in [1.54, 1.807) is 36.4 Å². The third kappa shape index (κ3) is 4.21. The quantitative estimate of drug-likeness (QED) is 0.578. The summed E-state index contributed by atoms with van der Waals surface area (Å²) in [5.41, 5.74) is 2.35. The first-order chi connectivity index (χ1) is 16.0. The van der Waals surface area contributed by atoms with Crippen LogP contribution >= 0.6 is 11.6 Å². The lowest BCUT2D eigenvalue weighted by molar-refractivity contribution is -0.141. The van der Waals surface area contributed by atoms with Gasteiger partial charge in [-0.2, -0.15) is 0 Å². The van der Waals surface area contributed by atoms with Crippen molar-refractivity contribution in [3.8, 4) is 22.9 Å². The molecule has 2 heterocycles. The number of amides is 1. The summed E-state index contributed by atoms with van der Waals surface area (Å²) in [6.07, 6.45) is 2.21. The van der Waals surface area contributed by atoms with E-state index in [0.717, 1.165) is 5.56 Å². The number of aliphatic carboxylic acids is 1. The van der Waals surface area contributed by atoms with Crippen molar-refractivity contribution >= 4 is 23.5 Å². The van der Waals surface area contributed by atoms with Crippen LogP contribution in [0, 0.1) is 0 Å². The van der Waals surface area contributed by atoms with Crippen molar-refractivity contribution in [2.45, 2.75) is 24.9 Å². The van der Waals surface area contributed by atoms with Crippen molar-refractivity contribution in [2.24, 2.45) is 0 Å². The molecule has 33 heavy (non-hydrogen) atoms. The zero-order chi connectivity index (χ0) is 23.5. The third-order valence-corrected chi connectivity index (χ3v) is 6.10. The molecule has 0 saturated carbocycles. The third-order valence-electron chi connectivity index (χ3n) is 5.75. The molecule has 0 radical (unpaired) electrons. The molecule has 1 aliphatic rings. The fraction of sp³-hybridized carbons (Fsp3) is 0.250. The van der Waals surface area contributed by atoms with Crippen molar-refractivity contribution in [1.29, 1.82) is 0 Å². The topological polar surface area (TPSA) is 102 Å². The van der Waals surface area contributed by atoms with Gasteiger partial charge in [-0.15, -0.1) is 0 Å². The lowest BCUT2D eigenvalue weighted by atomic mass is 10.0.